The highest BCUT2D eigenvalue weighted by Gasteiger charge is 2.12. The maximum absolute atomic E-state index is 12.2. The number of benzene rings is 2. The second-order valence-electron chi connectivity index (χ2n) is 6.00. The van der Waals surface area contributed by atoms with E-state index in [1.54, 1.807) is 16.7 Å². The Balaban J connectivity index is 1.58. The number of nitrogens with one attached hydrogen (secondary N) is 2. The molecule has 3 rings (SSSR count). The molecule has 27 heavy (non-hydrogen) atoms. The lowest BCUT2D eigenvalue weighted by atomic mass is 10.1. The number of nitrogens with zero attached hydrogens (tertiary/aromatic N) is 2. The van der Waals surface area contributed by atoms with Crippen molar-refractivity contribution < 1.29 is 4.79 Å². The van der Waals surface area contributed by atoms with Gasteiger partial charge in [-0.2, -0.15) is 0 Å². The zero-order chi connectivity index (χ0) is 19.2. The Morgan fingerprint density at radius 3 is 2.78 bits per heavy atom. The molecule has 0 aliphatic heterocycles. The number of aromatic nitrogens is 3. The molecule has 0 spiro atoms. The fraction of sp³-hybridized carbons (Fsp3) is 0.211. The molecule has 2 N–H and O–H groups in total. The van der Waals surface area contributed by atoms with Crippen molar-refractivity contribution in [3.63, 3.8) is 0 Å². The molecule has 0 aliphatic carbocycles. The van der Waals surface area contributed by atoms with Gasteiger partial charge in [0.1, 0.15) is 0 Å². The summed E-state index contributed by atoms with van der Waals surface area (Å²) in [5, 5.41) is 10.4. The molecule has 3 aromatic rings. The summed E-state index contributed by atoms with van der Waals surface area (Å²) in [6.07, 6.45) is 0.710. The molecule has 2 aromatic carbocycles. The number of hydrogen-bond acceptors (Lipinski definition) is 4. The van der Waals surface area contributed by atoms with Gasteiger partial charge in [0.2, 0.25) is 5.91 Å². The first-order valence-corrected chi connectivity index (χ1v) is 9.77. The number of anilines is 1. The molecule has 1 heterocycles. The quantitative estimate of drug-likeness (QED) is 0.593. The Hall–Kier alpha value is -2.51. The molecule has 0 atom stereocenters. The zero-order valence-electron chi connectivity index (χ0n) is 14.7. The van der Waals surface area contributed by atoms with Crippen LogP contribution in [0.4, 0.5) is 5.69 Å². The minimum Gasteiger partial charge on any atom is -0.325 e. The van der Waals surface area contributed by atoms with Gasteiger partial charge in [-0.05, 0) is 36.6 Å². The van der Waals surface area contributed by atoms with E-state index in [1.807, 2.05) is 43.3 Å². The lowest BCUT2D eigenvalue weighted by molar-refractivity contribution is -0.113. The monoisotopic (exact) mass is 402 g/mol. The topological polar surface area (TPSA) is 79.8 Å². The van der Waals surface area contributed by atoms with E-state index in [2.05, 4.69) is 15.5 Å². The number of halogens is 1. The third kappa shape index (κ3) is 5.24. The van der Waals surface area contributed by atoms with E-state index < -0.39 is 0 Å². The molecule has 1 aromatic heterocycles. The van der Waals surface area contributed by atoms with Gasteiger partial charge < -0.3 is 5.32 Å². The SMILES string of the molecule is Cc1ccc(NC(=O)CSc2n[nH]c(=O)n2CCc2ccccc2)cc1Cl. The number of aromatic amines is 1. The average Bonchev–Trinajstić information content (AvgIpc) is 3.02. The fourth-order valence-corrected chi connectivity index (χ4v) is 3.45. The predicted octanol–water partition coefficient (Wildman–Crippen LogP) is 3.51. The van der Waals surface area contributed by atoms with Crippen LogP contribution in [0.25, 0.3) is 0 Å². The number of thioether (sulfide) groups is 1. The first-order valence-electron chi connectivity index (χ1n) is 8.41. The van der Waals surface area contributed by atoms with Crippen LogP contribution in [0.2, 0.25) is 5.02 Å². The summed E-state index contributed by atoms with van der Waals surface area (Å²) in [7, 11) is 0. The Kier molecular flexibility index (Phi) is 6.36. The van der Waals surface area contributed by atoms with Crippen molar-refractivity contribution in [2.75, 3.05) is 11.1 Å². The van der Waals surface area contributed by atoms with E-state index in [-0.39, 0.29) is 17.3 Å². The summed E-state index contributed by atoms with van der Waals surface area (Å²) in [6.45, 7) is 2.40. The predicted molar refractivity (Wildman–Crippen MR) is 109 cm³/mol. The van der Waals surface area contributed by atoms with Crippen molar-refractivity contribution in [1.29, 1.82) is 0 Å². The van der Waals surface area contributed by atoms with Crippen LogP contribution in [0.5, 0.6) is 0 Å². The third-order valence-electron chi connectivity index (χ3n) is 3.98. The van der Waals surface area contributed by atoms with E-state index >= 15 is 0 Å². The highest BCUT2D eigenvalue weighted by molar-refractivity contribution is 7.99. The molecular formula is C19H19ClN4O2S. The summed E-state index contributed by atoms with van der Waals surface area (Å²) in [6, 6.07) is 15.3. The summed E-state index contributed by atoms with van der Waals surface area (Å²) >= 11 is 7.28. The highest BCUT2D eigenvalue weighted by atomic mass is 35.5. The molecule has 0 bridgehead atoms. The Bertz CT molecular complexity index is 985. The van der Waals surface area contributed by atoms with Gasteiger partial charge in [0.25, 0.3) is 0 Å². The molecule has 0 aliphatic rings. The Morgan fingerprint density at radius 2 is 2.04 bits per heavy atom. The van der Waals surface area contributed by atoms with Gasteiger partial charge in [-0.1, -0.05) is 59.8 Å². The molecule has 0 saturated heterocycles. The normalized spacial score (nSPS) is 10.7. The van der Waals surface area contributed by atoms with Gasteiger partial charge in [-0.3, -0.25) is 9.36 Å². The number of hydrogen-bond donors (Lipinski definition) is 2. The van der Waals surface area contributed by atoms with Gasteiger partial charge in [0, 0.05) is 17.3 Å². The summed E-state index contributed by atoms with van der Waals surface area (Å²) < 4.78 is 1.55. The zero-order valence-corrected chi connectivity index (χ0v) is 16.3. The molecule has 0 saturated carbocycles. The molecule has 1 amide bonds. The first kappa shape index (κ1) is 19.3. The molecule has 0 fully saturated rings. The molecule has 0 radical (unpaired) electrons. The highest BCUT2D eigenvalue weighted by Crippen LogP contribution is 2.20. The van der Waals surface area contributed by atoms with E-state index in [1.165, 1.54) is 11.8 Å². The van der Waals surface area contributed by atoms with Crippen LogP contribution < -0.4 is 11.0 Å². The second-order valence-corrected chi connectivity index (χ2v) is 7.35. The van der Waals surface area contributed by atoms with Crippen molar-refractivity contribution in [2.45, 2.75) is 25.0 Å². The largest absolute Gasteiger partial charge is 0.343 e. The maximum Gasteiger partial charge on any atom is 0.343 e. The minimum atomic E-state index is -0.279. The molecule has 140 valence electrons. The minimum absolute atomic E-state index is 0.140. The van der Waals surface area contributed by atoms with Crippen LogP contribution in [0, 0.1) is 6.92 Å². The molecule has 0 unspecified atom stereocenters. The lowest BCUT2D eigenvalue weighted by Gasteiger charge is -2.08. The van der Waals surface area contributed by atoms with Crippen LogP contribution in [0.1, 0.15) is 11.1 Å². The van der Waals surface area contributed by atoms with Crippen molar-refractivity contribution in [1.82, 2.24) is 14.8 Å². The number of amides is 1. The fourth-order valence-electron chi connectivity index (χ4n) is 2.49. The second kappa shape index (κ2) is 8.92. The van der Waals surface area contributed by atoms with Crippen molar-refractivity contribution in [3.8, 4) is 0 Å². The van der Waals surface area contributed by atoms with Crippen LogP contribution in [0.3, 0.4) is 0 Å². The van der Waals surface area contributed by atoms with E-state index in [0.29, 0.717) is 28.8 Å². The van der Waals surface area contributed by atoms with Crippen LogP contribution in [-0.2, 0) is 17.8 Å². The van der Waals surface area contributed by atoms with Crippen LogP contribution in [0.15, 0.2) is 58.5 Å². The van der Waals surface area contributed by atoms with Gasteiger partial charge in [-0.15, -0.1) is 5.10 Å². The van der Waals surface area contributed by atoms with Crippen LogP contribution in [-0.4, -0.2) is 26.4 Å². The van der Waals surface area contributed by atoms with E-state index in [9.17, 15) is 9.59 Å². The number of carbonyl (C=O) groups excluding carboxylic acids is 1. The lowest BCUT2D eigenvalue weighted by Crippen LogP contribution is -2.20. The summed E-state index contributed by atoms with van der Waals surface area (Å²) in [5.74, 6) is -0.0498. The van der Waals surface area contributed by atoms with Crippen LogP contribution >= 0.6 is 23.4 Å². The van der Waals surface area contributed by atoms with Gasteiger partial charge >= 0.3 is 5.69 Å². The van der Waals surface area contributed by atoms with Crippen molar-refractivity contribution in [2.24, 2.45) is 0 Å². The summed E-state index contributed by atoms with van der Waals surface area (Å²) in [4.78, 5) is 24.2. The number of H-pyrrole nitrogens is 1. The summed E-state index contributed by atoms with van der Waals surface area (Å²) in [5.41, 5.74) is 2.44. The Morgan fingerprint density at radius 1 is 1.26 bits per heavy atom. The maximum atomic E-state index is 12.2. The van der Waals surface area contributed by atoms with Gasteiger partial charge in [0.05, 0.1) is 5.75 Å². The van der Waals surface area contributed by atoms with Crippen molar-refractivity contribution >= 4 is 35.0 Å². The standard InChI is InChI=1S/C19H19ClN4O2S/c1-13-7-8-15(11-16(13)20)21-17(25)12-27-19-23-22-18(26)24(19)10-9-14-5-3-2-4-6-14/h2-8,11H,9-10,12H2,1H3,(H,21,25)(H,22,26). The number of carbonyl (C=O) groups is 1. The van der Waals surface area contributed by atoms with Crippen molar-refractivity contribution in [3.05, 3.63) is 75.2 Å². The number of rotatable bonds is 7. The van der Waals surface area contributed by atoms with Gasteiger partial charge in [0.15, 0.2) is 5.16 Å². The first-order chi connectivity index (χ1) is 13.0. The van der Waals surface area contributed by atoms with Gasteiger partial charge in [-0.25, -0.2) is 9.89 Å². The van der Waals surface area contributed by atoms with E-state index in [0.717, 1.165) is 11.1 Å². The average molecular weight is 403 g/mol. The third-order valence-corrected chi connectivity index (χ3v) is 5.36. The Labute approximate surface area is 165 Å². The number of aryl methyl sites for hydroxylation is 2. The molecule has 6 nitrogen and oxygen atoms in total. The smallest absolute Gasteiger partial charge is 0.325 e. The molecule has 8 heteroatoms. The molecular weight excluding hydrogens is 384 g/mol. The van der Waals surface area contributed by atoms with E-state index in [4.69, 9.17) is 11.6 Å².